The Kier molecular flexibility index (Phi) is 9.30. The molecule has 0 heterocycles. The van der Waals surface area contributed by atoms with Gasteiger partial charge in [0.15, 0.2) is 0 Å². The molecule has 0 saturated heterocycles. The van der Waals surface area contributed by atoms with Crippen molar-refractivity contribution in [2.45, 2.75) is 36.1 Å². The summed E-state index contributed by atoms with van der Waals surface area (Å²) in [6.45, 7) is 19.1. The largest absolute Gasteiger partial charge is 1.00 e. The topological polar surface area (TPSA) is 0 Å². The van der Waals surface area contributed by atoms with Crippen molar-refractivity contribution in [3.63, 3.8) is 0 Å². The second kappa shape index (κ2) is 10.6. The summed E-state index contributed by atoms with van der Waals surface area (Å²) in [5.74, 6) is 0. The van der Waals surface area contributed by atoms with Gasteiger partial charge in [-0.25, -0.2) is 0 Å². The first-order valence-corrected chi connectivity index (χ1v) is 16.7. The van der Waals surface area contributed by atoms with E-state index in [0.717, 1.165) is 0 Å². The Morgan fingerprint density at radius 2 is 0.903 bits per heavy atom. The molecule has 0 nitrogen and oxygen atoms in total. The summed E-state index contributed by atoms with van der Waals surface area (Å²) in [6.07, 6.45) is 5.17. The van der Waals surface area contributed by atoms with Gasteiger partial charge in [0, 0.05) is 0 Å². The molecule has 2 aliphatic rings. The Morgan fingerprint density at radius 1 is 0.581 bits per heavy atom. The normalized spacial score (nSPS) is 18.6. The van der Waals surface area contributed by atoms with E-state index in [9.17, 15) is 0 Å². The van der Waals surface area contributed by atoms with Gasteiger partial charge in [-0.1, -0.05) is 0 Å². The van der Waals surface area contributed by atoms with Crippen LogP contribution in [-0.2, 0) is 19.2 Å². The van der Waals surface area contributed by atoms with Gasteiger partial charge in [-0.05, 0) is 0 Å². The second-order valence-corrected chi connectivity index (χ2v) is 15.9. The van der Waals surface area contributed by atoms with E-state index in [2.05, 4.69) is 90.8 Å². The molecule has 2 aromatic rings. The summed E-state index contributed by atoms with van der Waals surface area (Å²) in [4.78, 5) is 0. The average Bonchev–Trinajstić information content (AvgIpc) is 3.23. The zero-order valence-electron chi connectivity index (χ0n) is 19.8. The van der Waals surface area contributed by atoms with Crippen LogP contribution in [0.5, 0.6) is 0 Å². The first-order chi connectivity index (χ1) is 13.7. The molecule has 2 aromatic carbocycles. The van der Waals surface area contributed by atoms with Crippen molar-refractivity contribution in [2.24, 2.45) is 0 Å². The van der Waals surface area contributed by atoms with E-state index in [1.54, 1.807) is 32.9 Å². The Hall–Kier alpha value is 0.0743. The number of hydrogen-bond acceptors (Lipinski definition) is 0. The molecule has 164 valence electrons. The van der Waals surface area contributed by atoms with Crippen molar-refractivity contribution in [1.29, 1.82) is 0 Å². The number of allylic oxidation sites excluding steroid dienone is 2. The van der Waals surface area contributed by atoms with Crippen LogP contribution in [0.25, 0.3) is 12.2 Å². The maximum atomic E-state index is 2.58. The van der Waals surface area contributed by atoms with E-state index in [-0.39, 0.29) is 59.8 Å². The van der Waals surface area contributed by atoms with Gasteiger partial charge in [0.25, 0.3) is 0 Å². The van der Waals surface area contributed by atoms with Crippen LogP contribution in [0.1, 0.15) is 53.0 Å². The van der Waals surface area contributed by atoms with E-state index in [0.29, 0.717) is 8.45 Å². The maximum absolute atomic E-state index is 2.58. The molecule has 2 aliphatic carbocycles. The Balaban J connectivity index is 0.00000171. The molecule has 0 radical (unpaired) electrons. The molecule has 0 aromatic heterocycles. The Labute approximate surface area is 213 Å². The molecule has 0 amide bonds. The third kappa shape index (κ3) is 4.83. The molecule has 0 bridgehead atoms. The molecule has 31 heavy (non-hydrogen) atoms. The molecule has 5 heteroatoms. The number of fused-ring (bicyclic) bond motifs is 2. The number of hydrogen-bond donors (Lipinski definition) is 0. The van der Waals surface area contributed by atoms with Crippen LogP contribution in [0.2, 0.25) is 0 Å². The molecule has 0 spiro atoms. The van der Waals surface area contributed by atoms with Crippen LogP contribution < -0.4 is 24.8 Å². The van der Waals surface area contributed by atoms with Crippen LogP contribution in [0.15, 0.2) is 34.9 Å². The number of rotatable bonds is 4. The van der Waals surface area contributed by atoms with Crippen LogP contribution in [0, 0.1) is 27.7 Å². The van der Waals surface area contributed by atoms with E-state index in [1.165, 1.54) is 22.3 Å². The minimum atomic E-state index is -0.248. The zero-order valence-corrected chi connectivity index (χ0v) is 24.6. The quantitative estimate of drug-likeness (QED) is 0.424. The minimum Gasteiger partial charge on any atom is -1.00 e. The summed E-state index contributed by atoms with van der Waals surface area (Å²) in [6, 6.07) is 9.36. The first kappa shape index (κ1) is 27.3. The summed E-state index contributed by atoms with van der Waals surface area (Å²) in [7, 11) is -0.130. The molecular weight excluding hydrogens is 493 g/mol. The summed E-state index contributed by atoms with van der Waals surface area (Å²) < 4.78 is 1.39. The molecule has 0 N–H and O–H groups in total. The fraction of sp³-hybridized carbons (Fsp3) is 0.385. The van der Waals surface area contributed by atoms with Crippen molar-refractivity contribution in [2.75, 3.05) is 26.7 Å². The van der Waals surface area contributed by atoms with Crippen molar-refractivity contribution in [3.8, 4) is 0 Å². The number of aryl methyl sites for hydroxylation is 4. The van der Waals surface area contributed by atoms with Gasteiger partial charge in [0.2, 0.25) is 0 Å². The van der Waals surface area contributed by atoms with Gasteiger partial charge in [0.05, 0.1) is 0 Å². The van der Waals surface area contributed by atoms with Crippen molar-refractivity contribution in [1.82, 2.24) is 0 Å². The van der Waals surface area contributed by atoms with Crippen molar-refractivity contribution in [3.05, 3.63) is 79.4 Å². The van der Waals surface area contributed by atoms with Gasteiger partial charge in [-0.3, -0.25) is 0 Å². The molecule has 2 atom stereocenters. The summed E-state index contributed by atoms with van der Waals surface area (Å²) in [5.41, 5.74) is 12.4. The molecule has 2 unspecified atom stereocenters. The maximum Gasteiger partial charge on any atom is -1.00 e. The number of halogens is 2. The molecule has 0 fully saturated rings. The van der Waals surface area contributed by atoms with Gasteiger partial charge in [-0.2, -0.15) is 0 Å². The van der Waals surface area contributed by atoms with Crippen LogP contribution in [-0.4, -0.2) is 26.7 Å². The molecule has 0 saturated carbocycles. The van der Waals surface area contributed by atoms with Crippen LogP contribution >= 0.6 is 15.8 Å². The Bertz CT molecular complexity index is 970. The van der Waals surface area contributed by atoms with E-state index >= 15 is 0 Å². The van der Waals surface area contributed by atoms with Crippen molar-refractivity contribution < 1.29 is 44.0 Å². The second-order valence-electron chi connectivity index (χ2n) is 9.01. The van der Waals surface area contributed by atoms with Crippen LogP contribution in [0.3, 0.4) is 0 Å². The molecule has 0 aliphatic heterocycles. The monoisotopic (exact) mass is 524 g/mol. The van der Waals surface area contributed by atoms with Gasteiger partial charge < -0.3 is 24.8 Å². The van der Waals surface area contributed by atoms with Gasteiger partial charge >= 0.3 is 189 Å². The number of benzene rings is 2. The smallest absolute Gasteiger partial charge is 1.00 e. The van der Waals surface area contributed by atoms with E-state index in [4.69, 9.17) is 0 Å². The fourth-order valence-electron chi connectivity index (χ4n) is 4.90. The average molecular weight is 525 g/mol. The predicted molar refractivity (Wildman–Crippen MR) is 131 cm³/mol. The first-order valence-electron chi connectivity index (χ1n) is 10.4. The van der Waals surface area contributed by atoms with Gasteiger partial charge in [0.1, 0.15) is 0 Å². The fourth-order valence-corrected chi connectivity index (χ4v) is 13.0. The van der Waals surface area contributed by atoms with E-state index < -0.39 is 0 Å². The third-order valence-corrected chi connectivity index (χ3v) is 13.1. The standard InChI is InChI=1S/2C13H16P.2ClH.Ti/c2*1-9-5-6-10(2)13-8-11(14(3)4)7-12(9)13;;;/h2*5-8H,1-4H3;2*1H;/q;;;;+2/p-2. The van der Waals surface area contributed by atoms with Crippen molar-refractivity contribution >= 4 is 28.0 Å². The Morgan fingerprint density at radius 3 is 1.23 bits per heavy atom. The summed E-state index contributed by atoms with van der Waals surface area (Å²) >= 11 is -0.248. The third-order valence-electron chi connectivity index (χ3n) is 6.57. The molecular formula is C26H32Cl2P2Ti. The SMILES string of the molecule is Cc1ccc(C)c2c1C=C(P(C)C)[CH]2[Ti+2][CH]1C(P(C)C)=Cc2c(C)ccc(C)c21.[Cl-].[Cl-]. The molecule has 4 rings (SSSR count). The zero-order chi connectivity index (χ0) is 21.0. The van der Waals surface area contributed by atoms with Crippen LogP contribution in [0.4, 0.5) is 0 Å². The minimum absolute atomic E-state index is 0. The van der Waals surface area contributed by atoms with E-state index in [1.807, 2.05) is 0 Å². The summed E-state index contributed by atoms with van der Waals surface area (Å²) in [5, 5.41) is 3.50. The van der Waals surface area contributed by atoms with Gasteiger partial charge in [-0.15, -0.1) is 0 Å². The predicted octanol–water partition coefficient (Wildman–Crippen LogP) is 1.99.